The molecule has 126 valence electrons. The van der Waals surface area contributed by atoms with Gasteiger partial charge in [-0.15, -0.1) is 0 Å². The molecule has 0 atom stereocenters. The zero-order valence-electron chi connectivity index (χ0n) is 13.3. The van der Waals surface area contributed by atoms with Gasteiger partial charge in [0.15, 0.2) is 0 Å². The summed E-state index contributed by atoms with van der Waals surface area (Å²) in [6.07, 6.45) is -0.345. The Balaban J connectivity index is 1.88. The molecule has 2 amide bonds. The highest BCUT2D eigenvalue weighted by molar-refractivity contribution is 6.31. The number of hydrogen-bond acceptors (Lipinski definition) is 4. The first kappa shape index (κ1) is 17.7. The number of halogens is 1. The Morgan fingerprint density at radius 3 is 2.71 bits per heavy atom. The fourth-order valence-corrected chi connectivity index (χ4v) is 2.23. The molecule has 0 bridgehead atoms. The molecule has 1 aromatic carbocycles. The number of anilines is 1. The highest BCUT2D eigenvalue weighted by Crippen LogP contribution is 2.22. The van der Waals surface area contributed by atoms with E-state index in [1.807, 2.05) is 0 Å². The summed E-state index contributed by atoms with van der Waals surface area (Å²) in [5, 5.41) is 5.71. The summed E-state index contributed by atoms with van der Waals surface area (Å²) in [5.41, 5.74) is 1.55. The number of nitrogens with zero attached hydrogens (tertiary/aromatic N) is 1. The summed E-state index contributed by atoms with van der Waals surface area (Å²) in [4.78, 5) is 41.7. The summed E-state index contributed by atoms with van der Waals surface area (Å²) in [6, 6.07) is 6.49. The van der Waals surface area contributed by atoms with Gasteiger partial charge in [-0.3, -0.25) is 14.4 Å². The number of carbonyl (C=O) groups excluding carboxylic acids is 2. The highest BCUT2D eigenvalue weighted by atomic mass is 35.5. The van der Waals surface area contributed by atoms with Crippen LogP contribution in [0.25, 0.3) is 0 Å². The van der Waals surface area contributed by atoms with Gasteiger partial charge in [-0.1, -0.05) is 17.7 Å². The van der Waals surface area contributed by atoms with Crippen LogP contribution in [0.1, 0.15) is 23.5 Å². The number of aromatic amines is 1. The molecule has 0 aliphatic carbocycles. The number of H-pyrrole nitrogens is 1. The summed E-state index contributed by atoms with van der Waals surface area (Å²) in [5.74, 6) is -0.598. The molecule has 0 aliphatic heterocycles. The van der Waals surface area contributed by atoms with Crippen LogP contribution in [0.4, 0.5) is 5.69 Å². The molecule has 0 radical (unpaired) electrons. The molecule has 0 unspecified atom stereocenters. The number of rotatable bonds is 5. The van der Waals surface area contributed by atoms with Gasteiger partial charge >= 0.3 is 0 Å². The zero-order chi connectivity index (χ0) is 17.7. The second-order valence-electron chi connectivity index (χ2n) is 5.25. The van der Waals surface area contributed by atoms with E-state index >= 15 is 0 Å². The van der Waals surface area contributed by atoms with Crippen molar-refractivity contribution >= 4 is 29.1 Å². The van der Waals surface area contributed by atoms with Gasteiger partial charge in [0, 0.05) is 22.5 Å². The molecule has 2 rings (SSSR count). The topological polar surface area (TPSA) is 104 Å². The number of benzene rings is 1. The zero-order valence-corrected chi connectivity index (χ0v) is 14.0. The fourth-order valence-electron chi connectivity index (χ4n) is 2.05. The summed E-state index contributed by atoms with van der Waals surface area (Å²) >= 11 is 5.98. The van der Waals surface area contributed by atoms with Crippen LogP contribution in [0.5, 0.6) is 0 Å². The lowest BCUT2D eigenvalue weighted by Gasteiger charge is -2.09. The summed E-state index contributed by atoms with van der Waals surface area (Å²) in [6.45, 7) is 3.50. The molecule has 0 aliphatic rings. The van der Waals surface area contributed by atoms with Crippen LogP contribution in [0.3, 0.4) is 0 Å². The van der Waals surface area contributed by atoms with Gasteiger partial charge in [0.1, 0.15) is 12.2 Å². The molecule has 7 nitrogen and oxygen atoms in total. The maximum atomic E-state index is 11.9. The van der Waals surface area contributed by atoms with Crippen LogP contribution in [0, 0.1) is 13.8 Å². The number of aryl methyl sites for hydroxylation is 1. The van der Waals surface area contributed by atoms with Crippen LogP contribution in [0.15, 0.2) is 29.1 Å². The maximum absolute atomic E-state index is 11.9. The second kappa shape index (κ2) is 7.74. The van der Waals surface area contributed by atoms with E-state index in [0.29, 0.717) is 22.2 Å². The van der Waals surface area contributed by atoms with Gasteiger partial charge in [0.05, 0.1) is 6.54 Å². The summed E-state index contributed by atoms with van der Waals surface area (Å²) < 4.78 is 0. The third kappa shape index (κ3) is 4.92. The molecule has 0 saturated heterocycles. The van der Waals surface area contributed by atoms with E-state index in [1.54, 1.807) is 32.0 Å². The SMILES string of the molecule is Cc1cc(=O)[nH]c(CNC(=O)CC(=O)Nc2cccc(Cl)c2C)n1. The van der Waals surface area contributed by atoms with E-state index in [0.717, 1.165) is 5.56 Å². The van der Waals surface area contributed by atoms with Gasteiger partial charge in [-0.25, -0.2) is 4.98 Å². The first-order valence-corrected chi connectivity index (χ1v) is 7.61. The molecule has 3 N–H and O–H groups in total. The molecular formula is C16H17ClN4O3. The third-order valence-electron chi connectivity index (χ3n) is 3.23. The smallest absolute Gasteiger partial charge is 0.251 e. The molecule has 1 aromatic heterocycles. The number of hydrogen-bond donors (Lipinski definition) is 3. The Morgan fingerprint density at radius 2 is 2.00 bits per heavy atom. The van der Waals surface area contributed by atoms with Crippen molar-refractivity contribution in [1.82, 2.24) is 15.3 Å². The molecule has 24 heavy (non-hydrogen) atoms. The minimum atomic E-state index is -0.476. The lowest BCUT2D eigenvalue weighted by atomic mass is 10.2. The second-order valence-corrected chi connectivity index (χ2v) is 5.65. The highest BCUT2D eigenvalue weighted by Gasteiger charge is 2.12. The molecule has 0 fully saturated rings. The van der Waals surface area contributed by atoms with E-state index in [-0.39, 0.29) is 18.5 Å². The molecule has 8 heteroatoms. The standard InChI is InChI=1S/C16H17ClN4O3/c1-9-6-15(23)21-13(19-9)8-18-14(22)7-16(24)20-12-5-3-4-11(17)10(12)2/h3-6H,7-8H2,1-2H3,(H,18,22)(H,20,24)(H,19,21,23). The largest absolute Gasteiger partial charge is 0.348 e. The van der Waals surface area contributed by atoms with Gasteiger partial charge < -0.3 is 15.6 Å². The van der Waals surface area contributed by atoms with Crippen LogP contribution < -0.4 is 16.2 Å². The minimum absolute atomic E-state index is 0.0409. The number of aromatic nitrogens is 2. The van der Waals surface area contributed by atoms with Crippen LogP contribution in [-0.2, 0) is 16.1 Å². The predicted octanol–water partition coefficient (Wildman–Crippen LogP) is 1.69. The molecule has 0 saturated carbocycles. The van der Waals surface area contributed by atoms with Gasteiger partial charge in [0.25, 0.3) is 5.56 Å². The predicted molar refractivity (Wildman–Crippen MR) is 90.9 cm³/mol. The Labute approximate surface area is 143 Å². The van der Waals surface area contributed by atoms with Crippen molar-refractivity contribution in [1.29, 1.82) is 0 Å². The van der Waals surface area contributed by atoms with Crippen LogP contribution in [-0.4, -0.2) is 21.8 Å². The maximum Gasteiger partial charge on any atom is 0.251 e. The van der Waals surface area contributed by atoms with Crippen molar-refractivity contribution < 1.29 is 9.59 Å². The van der Waals surface area contributed by atoms with Gasteiger partial charge in [-0.05, 0) is 31.5 Å². The van der Waals surface area contributed by atoms with Crippen molar-refractivity contribution in [3.63, 3.8) is 0 Å². The van der Waals surface area contributed by atoms with E-state index in [2.05, 4.69) is 20.6 Å². The normalized spacial score (nSPS) is 10.3. The molecule has 2 aromatic rings. The lowest BCUT2D eigenvalue weighted by Crippen LogP contribution is -2.29. The first-order chi connectivity index (χ1) is 11.3. The Morgan fingerprint density at radius 1 is 1.25 bits per heavy atom. The average Bonchev–Trinajstić information content (AvgIpc) is 2.49. The quantitative estimate of drug-likeness (QED) is 0.715. The van der Waals surface area contributed by atoms with E-state index < -0.39 is 11.8 Å². The lowest BCUT2D eigenvalue weighted by molar-refractivity contribution is -0.126. The number of amides is 2. The number of carbonyl (C=O) groups is 2. The third-order valence-corrected chi connectivity index (χ3v) is 3.64. The Hall–Kier alpha value is -2.67. The van der Waals surface area contributed by atoms with Crippen LogP contribution >= 0.6 is 11.6 Å². The van der Waals surface area contributed by atoms with Crippen molar-refractivity contribution in [3.05, 3.63) is 56.7 Å². The van der Waals surface area contributed by atoms with E-state index in [1.165, 1.54) is 6.07 Å². The van der Waals surface area contributed by atoms with Crippen molar-refractivity contribution in [2.24, 2.45) is 0 Å². The fraction of sp³-hybridized carbons (Fsp3) is 0.250. The Kier molecular flexibility index (Phi) is 5.70. The molecule has 1 heterocycles. The van der Waals surface area contributed by atoms with Crippen molar-refractivity contribution in [3.8, 4) is 0 Å². The van der Waals surface area contributed by atoms with Crippen LogP contribution in [0.2, 0.25) is 5.02 Å². The monoisotopic (exact) mass is 348 g/mol. The minimum Gasteiger partial charge on any atom is -0.348 e. The Bertz CT molecular complexity index is 832. The molecular weight excluding hydrogens is 332 g/mol. The number of nitrogens with one attached hydrogen (secondary N) is 3. The van der Waals surface area contributed by atoms with E-state index in [4.69, 9.17) is 11.6 Å². The van der Waals surface area contributed by atoms with E-state index in [9.17, 15) is 14.4 Å². The average molecular weight is 349 g/mol. The van der Waals surface area contributed by atoms with Crippen molar-refractivity contribution in [2.75, 3.05) is 5.32 Å². The van der Waals surface area contributed by atoms with Gasteiger partial charge in [0.2, 0.25) is 11.8 Å². The first-order valence-electron chi connectivity index (χ1n) is 7.23. The van der Waals surface area contributed by atoms with Gasteiger partial charge in [-0.2, -0.15) is 0 Å². The summed E-state index contributed by atoms with van der Waals surface area (Å²) in [7, 11) is 0. The molecule has 0 spiro atoms. The van der Waals surface area contributed by atoms with Crippen molar-refractivity contribution in [2.45, 2.75) is 26.8 Å².